The van der Waals surface area contributed by atoms with Crippen LogP contribution in [0.4, 0.5) is 0 Å². The Balaban J connectivity index is 1.80. The van der Waals surface area contributed by atoms with Crippen LogP contribution >= 0.6 is 0 Å². The van der Waals surface area contributed by atoms with Gasteiger partial charge >= 0.3 is 0 Å². The molecule has 0 unspecified atom stereocenters. The van der Waals surface area contributed by atoms with Crippen LogP contribution in [0.25, 0.3) is 17.1 Å². The summed E-state index contributed by atoms with van der Waals surface area (Å²) >= 11 is 0. The first kappa shape index (κ1) is 30.2. The van der Waals surface area contributed by atoms with Crippen LogP contribution in [0.3, 0.4) is 0 Å². The number of methoxy groups -OCH3 is 1. The number of rotatable bonds is 12. The van der Waals surface area contributed by atoms with E-state index in [1.54, 1.807) is 42.5 Å². The van der Waals surface area contributed by atoms with Gasteiger partial charge in [-0.2, -0.15) is 0 Å². The van der Waals surface area contributed by atoms with Gasteiger partial charge in [-0.1, -0.05) is 12.1 Å². The Morgan fingerprint density at radius 2 is 1.76 bits per heavy atom. The number of aliphatic hydroxyl groups excluding tert-OH is 2. The maximum atomic E-state index is 13.9. The summed E-state index contributed by atoms with van der Waals surface area (Å²) in [6.45, 7) is 6.25. The number of hydrogen-bond acceptors (Lipinski definition) is 11. The van der Waals surface area contributed by atoms with Crippen molar-refractivity contribution in [2.75, 3.05) is 20.3 Å². The molecule has 0 bridgehead atoms. The molecule has 0 fully saturated rings. The monoisotopic (exact) mass is 582 g/mol. The molecular formula is C28H34N6O6S. The average molecular weight is 583 g/mol. The molecule has 2 N–H and O–H groups in total. The summed E-state index contributed by atoms with van der Waals surface area (Å²) in [6, 6.07) is 7.41. The van der Waals surface area contributed by atoms with E-state index in [1.807, 2.05) is 39.0 Å². The largest absolute Gasteiger partial charge is 0.495 e. The zero-order valence-corrected chi connectivity index (χ0v) is 24.4. The summed E-state index contributed by atoms with van der Waals surface area (Å²) in [5.74, 6) is 0.745. The van der Waals surface area contributed by atoms with E-state index in [0.29, 0.717) is 22.8 Å². The second-order valence-corrected chi connectivity index (χ2v) is 12.2. The van der Waals surface area contributed by atoms with E-state index in [-0.39, 0.29) is 18.3 Å². The first-order valence-corrected chi connectivity index (χ1v) is 14.7. The molecule has 12 nitrogen and oxygen atoms in total. The highest BCUT2D eigenvalue weighted by Crippen LogP contribution is 2.33. The number of aliphatic hydroxyl groups is 2. The van der Waals surface area contributed by atoms with Gasteiger partial charge in [0.25, 0.3) is 0 Å². The van der Waals surface area contributed by atoms with E-state index in [0.717, 1.165) is 16.7 Å². The number of nitrogens with zero attached hydrogens (tertiary/aromatic N) is 6. The highest BCUT2D eigenvalue weighted by Gasteiger charge is 2.36. The van der Waals surface area contributed by atoms with Crippen molar-refractivity contribution in [3.63, 3.8) is 0 Å². The number of aromatic nitrogens is 6. The SMILES string of the molecule is COc1cccc(C)c1-n1c(CS(=O)(=O)[C@H](C)[C@@H](OC[C@@H](O)CO)c2ncc(C)cn2)nnc1-c1cncc(C)c1. The Morgan fingerprint density at radius 1 is 1.02 bits per heavy atom. The first-order valence-electron chi connectivity index (χ1n) is 13.0. The molecule has 0 aliphatic heterocycles. The summed E-state index contributed by atoms with van der Waals surface area (Å²) < 4.78 is 41.0. The van der Waals surface area contributed by atoms with Gasteiger partial charge in [0.2, 0.25) is 0 Å². The number of benzene rings is 1. The quantitative estimate of drug-likeness (QED) is 0.252. The van der Waals surface area contributed by atoms with Crippen molar-refractivity contribution in [3.8, 4) is 22.8 Å². The molecule has 0 saturated heterocycles. The van der Waals surface area contributed by atoms with Crippen molar-refractivity contribution in [2.45, 2.75) is 50.9 Å². The van der Waals surface area contributed by atoms with E-state index in [2.05, 4.69) is 25.1 Å². The van der Waals surface area contributed by atoms with Crippen molar-refractivity contribution >= 4 is 9.84 Å². The highest BCUT2D eigenvalue weighted by molar-refractivity contribution is 7.91. The zero-order valence-electron chi connectivity index (χ0n) is 23.6. The Hall–Kier alpha value is -3.78. The molecule has 13 heteroatoms. The summed E-state index contributed by atoms with van der Waals surface area (Å²) in [7, 11) is -2.45. The van der Waals surface area contributed by atoms with Gasteiger partial charge in [-0.05, 0) is 56.5 Å². The maximum Gasteiger partial charge on any atom is 0.170 e. The van der Waals surface area contributed by atoms with Gasteiger partial charge in [-0.3, -0.25) is 9.55 Å². The molecule has 3 aromatic heterocycles. The van der Waals surface area contributed by atoms with E-state index in [9.17, 15) is 18.6 Å². The van der Waals surface area contributed by atoms with Gasteiger partial charge in [0.15, 0.2) is 27.3 Å². The van der Waals surface area contributed by atoms with Gasteiger partial charge in [-0.25, -0.2) is 18.4 Å². The predicted molar refractivity (Wildman–Crippen MR) is 151 cm³/mol. The number of pyridine rings is 1. The lowest BCUT2D eigenvalue weighted by Gasteiger charge is -2.24. The summed E-state index contributed by atoms with van der Waals surface area (Å²) in [5, 5.41) is 26.7. The Labute approximate surface area is 239 Å². The molecular weight excluding hydrogens is 548 g/mol. The first-order chi connectivity index (χ1) is 19.6. The second kappa shape index (κ2) is 12.8. The van der Waals surface area contributed by atoms with Gasteiger partial charge in [0.1, 0.15) is 23.7 Å². The number of ether oxygens (including phenoxy) is 2. The van der Waals surface area contributed by atoms with Crippen LogP contribution in [-0.2, 0) is 20.3 Å². The Morgan fingerprint density at radius 3 is 2.41 bits per heavy atom. The molecule has 0 amide bonds. The molecule has 1 aromatic carbocycles. The predicted octanol–water partition coefficient (Wildman–Crippen LogP) is 2.47. The zero-order chi connectivity index (χ0) is 29.7. The van der Waals surface area contributed by atoms with E-state index >= 15 is 0 Å². The van der Waals surface area contributed by atoms with Gasteiger partial charge in [0, 0.05) is 30.4 Å². The minimum absolute atomic E-state index is 0.144. The van der Waals surface area contributed by atoms with Crippen LogP contribution in [-0.4, -0.2) is 80.0 Å². The van der Waals surface area contributed by atoms with E-state index < -0.39 is 39.7 Å². The third-order valence-corrected chi connectivity index (χ3v) is 8.61. The summed E-state index contributed by atoms with van der Waals surface area (Å²) in [6.07, 6.45) is 4.16. The standard InChI is InChI=1S/C28H34N6O6S/c1-17-9-21(13-29-10-17)28-33-32-24(34(28)25-19(3)7-6-8-23(25)39-5)16-41(37,38)20(4)26(40-15-22(36)14-35)27-30-11-18(2)12-31-27/h6-13,20,22,26,35-36H,14-16H2,1-5H3/t20-,22+,26-/m1/s1. The second-order valence-electron chi connectivity index (χ2n) is 9.87. The van der Waals surface area contributed by atoms with Crippen LogP contribution in [0.15, 0.2) is 49.1 Å². The fourth-order valence-corrected chi connectivity index (χ4v) is 5.72. The fourth-order valence-electron chi connectivity index (χ4n) is 4.33. The third kappa shape index (κ3) is 6.76. The Bertz CT molecular complexity index is 1590. The van der Waals surface area contributed by atoms with Gasteiger partial charge in [0.05, 0.1) is 31.3 Å². The third-order valence-electron chi connectivity index (χ3n) is 6.56. The molecule has 218 valence electrons. The highest BCUT2D eigenvalue weighted by atomic mass is 32.2. The summed E-state index contributed by atoms with van der Waals surface area (Å²) in [5.41, 5.74) is 3.78. The molecule has 0 radical (unpaired) electrons. The molecule has 4 rings (SSSR count). The van der Waals surface area contributed by atoms with E-state index in [4.69, 9.17) is 9.47 Å². The normalized spacial score (nSPS) is 14.0. The average Bonchev–Trinajstić information content (AvgIpc) is 3.35. The maximum absolute atomic E-state index is 13.9. The molecule has 41 heavy (non-hydrogen) atoms. The smallest absolute Gasteiger partial charge is 0.170 e. The lowest BCUT2D eigenvalue weighted by molar-refractivity contribution is -0.0324. The fraction of sp³-hybridized carbons (Fsp3) is 0.393. The van der Waals surface area contributed by atoms with Crippen molar-refractivity contribution in [3.05, 3.63) is 77.4 Å². The molecule has 3 heterocycles. The van der Waals surface area contributed by atoms with E-state index in [1.165, 1.54) is 6.92 Å². The molecule has 3 atom stereocenters. The van der Waals surface area contributed by atoms with Crippen LogP contribution in [0, 0.1) is 20.8 Å². The van der Waals surface area contributed by atoms with Gasteiger partial charge < -0.3 is 19.7 Å². The molecule has 0 saturated carbocycles. The van der Waals surface area contributed by atoms with Crippen molar-refractivity contribution in [2.24, 2.45) is 0 Å². The van der Waals surface area contributed by atoms with Crippen LogP contribution < -0.4 is 4.74 Å². The molecule has 4 aromatic rings. The van der Waals surface area contributed by atoms with Crippen molar-refractivity contribution in [1.82, 2.24) is 29.7 Å². The lowest BCUT2D eigenvalue weighted by Crippen LogP contribution is -2.33. The molecule has 0 spiro atoms. The number of hydrogen-bond donors (Lipinski definition) is 2. The minimum atomic E-state index is -3.99. The van der Waals surface area contributed by atoms with Crippen LogP contribution in [0.1, 0.15) is 41.4 Å². The van der Waals surface area contributed by atoms with Crippen molar-refractivity contribution in [1.29, 1.82) is 0 Å². The molecule has 0 aliphatic carbocycles. The topological polar surface area (TPSA) is 162 Å². The van der Waals surface area contributed by atoms with Crippen LogP contribution in [0.5, 0.6) is 5.75 Å². The number of aryl methyl sites for hydroxylation is 3. The van der Waals surface area contributed by atoms with Gasteiger partial charge in [-0.15, -0.1) is 10.2 Å². The van der Waals surface area contributed by atoms with Crippen molar-refractivity contribution < 1.29 is 28.1 Å². The number of para-hydroxylation sites is 1. The van der Waals surface area contributed by atoms with Crippen LogP contribution in [0.2, 0.25) is 0 Å². The molecule has 0 aliphatic rings. The Kier molecular flexibility index (Phi) is 9.43. The minimum Gasteiger partial charge on any atom is -0.495 e. The lowest BCUT2D eigenvalue weighted by atomic mass is 10.1. The summed E-state index contributed by atoms with van der Waals surface area (Å²) in [4.78, 5) is 12.8. The number of sulfone groups is 1.